The Morgan fingerprint density at radius 1 is 1.07 bits per heavy atom. The van der Waals surface area contributed by atoms with Gasteiger partial charge in [0.15, 0.2) is 11.5 Å². The van der Waals surface area contributed by atoms with Gasteiger partial charge in [-0.15, -0.1) is 0 Å². The van der Waals surface area contributed by atoms with Gasteiger partial charge in [0, 0.05) is 24.2 Å². The first-order valence-corrected chi connectivity index (χ1v) is 9.62. The Morgan fingerprint density at radius 2 is 1.86 bits per heavy atom. The Kier molecular flexibility index (Phi) is 5.33. The summed E-state index contributed by atoms with van der Waals surface area (Å²) in [5, 5.41) is 0. The molecule has 0 bridgehead atoms. The van der Waals surface area contributed by atoms with Crippen LogP contribution in [0, 0.1) is 0 Å². The van der Waals surface area contributed by atoms with Crippen molar-refractivity contribution < 1.29 is 9.47 Å². The third kappa shape index (κ3) is 3.88. The van der Waals surface area contributed by atoms with E-state index in [1.165, 1.54) is 12.8 Å². The third-order valence-electron chi connectivity index (χ3n) is 5.10. The summed E-state index contributed by atoms with van der Waals surface area (Å²) in [6, 6.07) is 16.0. The number of rotatable bonds is 6. The van der Waals surface area contributed by atoms with E-state index < -0.39 is 0 Å². The van der Waals surface area contributed by atoms with Gasteiger partial charge in [-0.05, 0) is 48.9 Å². The summed E-state index contributed by atoms with van der Waals surface area (Å²) >= 11 is 0. The zero-order chi connectivity index (χ0) is 19.3. The van der Waals surface area contributed by atoms with Crippen LogP contribution in [-0.2, 0) is 0 Å². The van der Waals surface area contributed by atoms with Gasteiger partial charge in [-0.2, -0.15) is 0 Å². The lowest BCUT2D eigenvalue weighted by molar-refractivity contribution is 0.201. The number of ether oxygens (including phenoxy) is 2. The number of aromatic nitrogens is 2. The molecular formula is C23H24N2O3. The molecule has 0 unspecified atom stereocenters. The first-order valence-electron chi connectivity index (χ1n) is 9.62. The van der Waals surface area contributed by atoms with Gasteiger partial charge in [0.1, 0.15) is 0 Å². The first-order chi connectivity index (χ1) is 13.7. The second-order valence-corrected chi connectivity index (χ2v) is 6.97. The van der Waals surface area contributed by atoms with E-state index in [1.807, 2.05) is 54.7 Å². The van der Waals surface area contributed by atoms with E-state index in [9.17, 15) is 4.79 Å². The molecule has 0 aliphatic heterocycles. The van der Waals surface area contributed by atoms with E-state index >= 15 is 0 Å². The number of aromatic amines is 1. The molecule has 144 valence electrons. The minimum absolute atomic E-state index is 0.177. The second kappa shape index (κ2) is 8.21. The van der Waals surface area contributed by atoms with Gasteiger partial charge in [-0.1, -0.05) is 36.4 Å². The van der Waals surface area contributed by atoms with Crippen molar-refractivity contribution in [3.05, 3.63) is 82.5 Å². The van der Waals surface area contributed by atoms with Gasteiger partial charge in [0.2, 0.25) is 0 Å². The van der Waals surface area contributed by atoms with E-state index in [1.54, 1.807) is 24.1 Å². The molecule has 0 saturated heterocycles. The van der Waals surface area contributed by atoms with Gasteiger partial charge >= 0.3 is 5.69 Å². The summed E-state index contributed by atoms with van der Waals surface area (Å²) < 4.78 is 13.3. The number of nitrogens with zero attached hydrogens (tertiary/aromatic N) is 1. The minimum Gasteiger partial charge on any atom is -0.493 e. The maximum atomic E-state index is 12.0. The molecule has 0 amide bonds. The number of hydrogen-bond donors (Lipinski definition) is 1. The van der Waals surface area contributed by atoms with E-state index in [0.29, 0.717) is 0 Å². The molecule has 3 aromatic rings. The normalized spacial score (nSPS) is 15.0. The lowest BCUT2D eigenvalue weighted by Crippen LogP contribution is -2.12. The molecule has 1 aliphatic rings. The molecule has 1 fully saturated rings. The predicted octanol–water partition coefficient (Wildman–Crippen LogP) is 4.55. The van der Waals surface area contributed by atoms with Crippen molar-refractivity contribution in [1.29, 1.82) is 0 Å². The summed E-state index contributed by atoms with van der Waals surface area (Å²) in [7, 11) is 1.66. The Labute approximate surface area is 164 Å². The van der Waals surface area contributed by atoms with Crippen molar-refractivity contribution in [2.45, 2.75) is 31.8 Å². The zero-order valence-corrected chi connectivity index (χ0v) is 15.9. The van der Waals surface area contributed by atoms with Gasteiger partial charge in [-0.3, -0.25) is 4.57 Å². The molecule has 1 aromatic heterocycles. The first kappa shape index (κ1) is 18.2. The SMILES string of the molecule is COc1ccc(C(=Cn2cc[nH]c2=O)c2ccccc2)cc1OC1CCCC1. The van der Waals surface area contributed by atoms with Crippen molar-refractivity contribution in [1.82, 2.24) is 9.55 Å². The molecule has 5 heteroatoms. The Balaban J connectivity index is 1.78. The topological polar surface area (TPSA) is 56.2 Å². The number of H-pyrrole nitrogens is 1. The molecule has 5 nitrogen and oxygen atoms in total. The van der Waals surface area contributed by atoms with Crippen molar-refractivity contribution in [2.24, 2.45) is 0 Å². The molecule has 0 spiro atoms. The highest BCUT2D eigenvalue weighted by Crippen LogP contribution is 2.35. The molecule has 1 aliphatic carbocycles. The van der Waals surface area contributed by atoms with Crippen molar-refractivity contribution >= 4 is 11.8 Å². The number of methoxy groups -OCH3 is 1. The van der Waals surface area contributed by atoms with Crippen LogP contribution in [0.3, 0.4) is 0 Å². The van der Waals surface area contributed by atoms with Crippen LogP contribution in [0.5, 0.6) is 11.5 Å². The van der Waals surface area contributed by atoms with Gasteiger partial charge in [0.05, 0.1) is 13.2 Å². The summed E-state index contributed by atoms with van der Waals surface area (Å²) in [5.41, 5.74) is 2.74. The van der Waals surface area contributed by atoms with E-state index in [4.69, 9.17) is 9.47 Å². The smallest absolute Gasteiger partial charge is 0.329 e. The number of benzene rings is 2. The maximum Gasteiger partial charge on any atom is 0.329 e. The van der Waals surface area contributed by atoms with Crippen molar-refractivity contribution in [3.8, 4) is 11.5 Å². The quantitative estimate of drug-likeness (QED) is 0.686. The number of nitrogens with one attached hydrogen (secondary N) is 1. The standard InChI is InChI=1S/C23H24N2O3/c1-27-21-12-11-18(15-22(21)28-19-9-5-6-10-19)20(17-7-3-2-4-8-17)16-25-14-13-24-23(25)26/h2-4,7-8,11-16,19H,5-6,9-10H2,1H3,(H,24,26). The summed E-state index contributed by atoms with van der Waals surface area (Å²) in [4.78, 5) is 14.7. The predicted molar refractivity (Wildman–Crippen MR) is 111 cm³/mol. The summed E-state index contributed by atoms with van der Waals surface area (Å²) in [6.07, 6.45) is 9.99. The number of imidazole rings is 1. The molecule has 2 aromatic carbocycles. The van der Waals surface area contributed by atoms with Crippen LogP contribution in [0.2, 0.25) is 0 Å². The van der Waals surface area contributed by atoms with Crippen LogP contribution in [0.4, 0.5) is 0 Å². The fraction of sp³-hybridized carbons (Fsp3) is 0.261. The number of hydrogen-bond acceptors (Lipinski definition) is 3. The third-order valence-corrected chi connectivity index (χ3v) is 5.10. The van der Waals surface area contributed by atoms with Gasteiger partial charge in [0.25, 0.3) is 0 Å². The minimum atomic E-state index is -0.177. The van der Waals surface area contributed by atoms with Crippen LogP contribution in [0.15, 0.2) is 65.7 Å². The van der Waals surface area contributed by atoms with Crippen LogP contribution < -0.4 is 15.2 Å². The van der Waals surface area contributed by atoms with Gasteiger partial charge < -0.3 is 14.5 Å². The van der Waals surface area contributed by atoms with Crippen LogP contribution in [0.1, 0.15) is 36.8 Å². The van der Waals surface area contributed by atoms with E-state index in [-0.39, 0.29) is 11.8 Å². The molecule has 1 N–H and O–H groups in total. The zero-order valence-electron chi connectivity index (χ0n) is 15.9. The highest BCUT2D eigenvalue weighted by Gasteiger charge is 2.19. The highest BCUT2D eigenvalue weighted by molar-refractivity contribution is 5.88. The molecular weight excluding hydrogens is 352 g/mol. The van der Waals surface area contributed by atoms with Crippen LogP contribution in [0.25, 0.3) is 11.8 Å². The molecule has 1 saturated carbocycles. The van der Waals surface area contributed by atoms with Crippen LogP contribution >= 0.6 is 0 Å². The molecule has 1 heterocycles. The molecule has 28 heavy (non-hydrogen) atoms. The molecule has 0 radical (unpaired) electrons. The largest absolute Gasteiger partial charge is 0.493 e. The van der Waals surface area contributed by atoms with Gasteiger partial charge in [-0.25, -0.2) is 4.79 Å². The second-order valence-electron chi connectivity index (χ2n) is 6.97. The maximum absolute atomic E-state index is 12.0. The lowest BCUT2D eigenvalue weighted by atomic mass is 9.98. The average Bonchev–Trinajstić information content (AvgIpc) is 3.38. The monoisotopic (exact) mass is 376 g/mol. The van der Waals surface area contributed by atoms with Crippen molar-refractivity contribution in [2.75, 3.05) is 7.11 Å². The summed E-state index contributed by atoms with van der Waals surface area (Å²) in [6.45, 7) is 0. The lowest BCUT2D eigenvalue weighted by Gasteiger charge is -2.18. The molecule has 0 atom stereocenters. The Bertz CT molecular complexity index is 1010. The Hall–Kier alpha value is -3.21. The van der Waals surface area contributed by atoms with Crippen LogP contribution in [-0.4, -0.2) is 22.8 Å². The summed E-state index contributed by atoms with van der Waals surface area (Å²) in [5.74, 6) is 1.47. The fourth-order valence-corrected chi connectivity index (χ4v) is 3.63. The average molecular weight is 376 g/mol. The van der Waals surface area contributed by atoms with Crippen molar-refractivity contribution in [3.63, 3.8) is 0 Å². The van der Waals surface area contributed by atoms with E-state index in [0.717, 1.165) is 41.0 Å². The van der Waals surface area contributed by atoms with E-state index in [2.05, 4.69) is 4.98 Å². The Morgan fingerprint density at radius 3 is 2.54 bits per heavy atom. The fourth-order valence-electron chi connectivity index (χ4n) is 3.63. The molecule has 4 rings (SSSR count). The highest BCUT2D eigenvalue weighted by atomic mass is 16.5.